The zero-order valence-corrected chi connectivity index (χ0v) is 12.1. The Labute approximate surface area is 122 Å². The van der Waals surface area contributed by atoms with Gasteiger partial charge in [-0.05, 0) is 74.0 Å². The van der Waals surface area contributed by atoms with Gasteiger partial charge in [-0.1, -0.05) is 36.6 Å². The summed E-state index contributed by atoms with van der Waals surface area (Å²) >= 11 is 0. The summed E-state index contributed by atoms with van der Waals surface area (Å²) in [5.41, 5.74) is 2.68. The number of hydrogen-bond donors (Lipinski definition) is 0. The number of benzene rings is 1. The Balaban J connectivity index is 1.62. The van der Waals surface area contributed by atoms with E-state index >= 15 is 0 Å². The highest BCUT2D eigenvalue weighted by molar-refractivity contribution is 5.51. The van der Waals surface area contributed by atoms with E-state index in [0.29, 0.717) is 5.41 Å². The van der Waals surface area contributed by atoms with Crippen LogP contribution in [-0.4, -0.2) is 0 Å². The number of hydrogen-bond acceptors (Lipinski definition) is 0. The smallest absolute Gasteiger partial charge is 0.0326 e. The van der Waals surface area contributed by atoms with Crippen LogP contribution in [0, 0.1) is 35.0 Å². The van der Waals surface area contributed by atoms with Crippen molar-refractivity contribution in [2.75, 3.05) is 0 Å². The van der Waals surface area contributed by atoms with Crippen molar-refractivity contribution in [3.63, 3.8) is 0 Å². The van der Waals surface area contributed by atoms with E-state index in [1.165, 1.54) is 44.1 Å². The molecular weight excluding hydrogens is 240 g/mol. The lowest BCUT2D eigenvalue weighted by Crippen LogP contribution is -2.45. The van der Waals surface area contributed by atoms with Crippen LogP contribution in [0.15, 0.2) is 30.8 Å². The Morgan fingerprint density at radius 3 is 2.30 bits per heavy atom. The highest BCUT2D eigenvalue weighted by atomic mass is 14.5. The number of rotatable bonds is 1. The summed E-state index contributed by atoms with van der Waals surface area (Å²) in [4.78, 5) is 0. The van der Waals surface area contributed by atoms with Gasteiger partial charge < -0.3 is 0 Å². The van der Waals surface area contributed by atoms with E-state index in [1.807, 2.05) is 6.08 Å². The molecular formula is C20H22. The van der Waals surface area contributed by atoms with Gasteiger partial charge in [0.2, 0.25) is 0 Å². The summed E-state index contributed by atoms with van der Waals surface area (Å²) < 4.78 is 0. The SMILES string of the molecule is C=Cc1cccc(C#CC23CC4CC(CC(C4)C2)C3)c1. The first-order chi connectivity index (χ1) is 9.75. The quantitative estimate of drug-likeness (QED) is 0.632. The van der Waals surface area contributed by atoms with Gasteiger partial charge in [0, 0.05) is 11.0 Å². The van der Waals surface area contributed by atoms with Crippen molar-refractivity contribution in [2.24, 2.45) is 23.2 Å². The normalized spacial score (nSPS) is 37.3. The van der Waals surface area contributed by atoms with Gasteiger partial charge >= 0.3 is 0 Å². The van der Waals surface area contributed by atoms with Gasteiger partial charge in [0.1, 0.15) is 0 Å². The highest BCUT2D eigenvalue weighted by Gasteiger charge is 2.50. The summed E-state index contributed by atoms with van der Waals surface area (Å²) in [6.45, 7) is 3.84. The van der Waals surface area contributed by atoms with E-state index in [9.17, 15) is 0 Å². The maximum Gasteiger partial charge on any atom is 0.0326 e. The molecule has 0 aliphatic heterocycles. The van der Waals surface area contributed by atoms with E-state index in [1.54, 1.807) is 0 Å². The maximum atomic E-state index is 3.84. The fraction of sp³-hybridized carbons (Fsp3) is 0.500. The van der Waals surface area contributed by atoms with Crippen molar-refractivity contribution >= 4 is 6.08 Å². The molecule has 0 nitrogen and oxygen atoms in total. The minimum atomic E-state index is 0.360. The summed E-state index contributed by atoms with van der Waals surface area (Å²) in [6, 6.07) is 8.45. The molecule has 0 N–H and O–H groups in total. The van der Waals surface area contributed by atoms with Crippen molar-refractivity contribution in [1.82, 2.24) is 0 Å². The van der Waals surface area contributed by atoms with Gasteiger partial charge in [0.15, 0.2) is 0 Å². The lowest BCUT2D eigenvalue weighted by molar-refractivity contribution is -0.0181. The molecule has 0 spiro atoms. The van der Waals surface area contributed by atoms with Crippen LogP contribution >= 0.6 is 0 Å². The summed E-state index contributed by atoms with van der Waals surface area (Å²) in [7, 11) is 0. The second-order valence-corrected chi connectivity index (χ2v) is 7.28. The molecule has 4 fully saturated rings. The molecule has 0 saturated heterocycles. The first kappa shape index (κ1) is 12.3. The van der Waals surface area contributed by atoms with Gasteiger partial charge in [-0.25, -0.2) is 0 Å². The maximum absolute atomic E-state index is 3.84. The summed E-state index contributed by atoms with van der Waals surface area (Å²) in [6.07, 6.45) is 10.5. The third kappa shape index (κ3) is 2.10. The Kier molecular flexibility index (Phi) is 2.77. The van der Waals surface area contributed by atoms with Crippen molar-refractivity contribution in [1.29, 1.82) is 0 Å². The minimum Gasteiger partial charge on any atom is -0.0985 e. The molecule has 0 heterocycles. The van der Waals surface area contributed by atoms with Crippen LogP contribution in [0.4, 0.5) is 0 Å². The molecule has 4 aliphatic rings. The molecule has 4 aliphatic carbocycles. The molecule has 102 valence electrons. The molecule has 4 bridgehead atoms. The Morgan fingerprint density at radius 1 is 1.05 bits per heavy atom. The summed E-state index contributed by atoms with van der Waals surface area (Å²) in [5, 5.41) is 0. The molecule has 1 aromatic carbocycles. The van der Waals surface area contributed by atoms with Gasteiger partial charge in [0.05, 0.1) is 0 Å². The fourth-order valence-electron chi connectivity index (χ4n) is 5.21. The monoisotopic (exact) mass is 262 g/mol. The van der Waals surface area contributed by atoms with Gasteiger partial charge in [0.25, 0.3) is 0 Å². The van der Waals surface area contributed by atoms with Crippen LogP contribution in [0.5, 0.6) is 0 Å². The molecule has 0 amide bonds. The molecule has 0 heteroatoms. The van der Waals surface area contributed by atoms with Crippen LogP contribution in [0.25, 0.3) is 6.08 Å². The van der Waals surface area contributed by atoms with Gasteiger partial charge in [-0.15, -0.1) is 0 Å². The second kappa shape index (κ2) is 4.52. The largest absolute Gasteiger partial charge is 0.0985 e. The third-order valence-corrected chi connectivity index (χ3v) is 5.63. The van der Waals surface area contributed by atoms with E-state index < -0.39 is 0 Å². The van der Waals surface area contributed by atoms with Crippen molar-refractivity contribution in [2.45, 2.75) is 38.5 Å². The molecule has 0 atom stereocenters. The average Bonchev–Trinajstić information content (AvgIpc) is 2.44. The topological polar surface area (TPSA) is 0 Å². The first-order valence-corrected chi connectivity index (χ1v) is 8.00. The standard InChI is InChI=1S/C20H22/c1-2-15-4-3-5-16(8-15)6-7-20-12-17-9-18(13-20)11-19(10-17)14-20/h2-5,8,17-19H,1,9-14H2. The molecule has 5 rings (SSSR count). The lowest BCUT2D eigenvalue weighted by atomic mass is 9.50. The molecule has 1 aromatic rings. The van der Waals surface area contributed by atoms with Gasteiger partial charge in [-0.3, -0.25) is 0 Å². The zero-order chi connectivity index (χ0) is 13.6. The fourth-order valence-corrected chi connectivity index (χ4v) is 5.21. The highest BCUT2D eigenvalue weighted by Crippen LogP contribution is 2.59. The molecule has 0 aromatic heterocycles. The van der Waals surface area contributed by atoms with Crippen LogP contribution in [0.3, 0.4) is 0 Å². The predicted octanol–water partition coefficient (Wildman–Crippen LogP) is 4.90. The molecule has 0 radical (unpaired) electrons. The van der Waals surface area contributed by atoms with Gasteiger partial charge in [-0.2, -0.15) is 0 Å². The van der Waals surface area contributed by atoms with Crippen molar-refractivity contribution in [3.05, 3.63) is 42.0 Å². The predicted molar refractivity (Wildman–Crippen MR) is 84.0 cm³/mol. The Bertz CT molecular complexity index is 561. The average molecular weight is 262 g/mol. The van der Waals surface area contributed by atoms with E-state index in [4.69, 9.17) is 0 Å². The Hall–Kier alpha value is -1.48. The molecule has 4 saturated carbocycles. The van der Waals surface area contributed by atoms with E-state index in [2.05, 4.69) is 42.7 Å². The molecule has 0 unspecified atom stereocenters. The minimum absolute atomic E-state index is 0.360. The van der Waals surface area contributed by atoms with Crippen LogP contribution in [0.2, 0.25) is 0 Å². The van der Waals surface area contributed by atoms with Crippen LogP contribution < -0.4 is 0 Å². The zero-order valence-electron chi connectivity index (χ0n) is 12.1. The van der Waals surface area contributed by atoms with Crippen molar-refractivity contribution in [3.8, 4) is 11.8 Å². The summed E-state index contributed by atoms with van der Waals surface area (Å²) in [5.74, 6) is 10.1. The van der Waals surface area contributed by atoms with Crippen LogP contribution in [-0.2, 0) is 0 Å². The third-order valence-electron chi connectivity index (χ3n) is 5.63. The second-order valence-electron chi connectivity index (χ2n) is 7.28. The van der Waals surface area contributed by atoms with E-state index in [0.717, 1.165) is 23.3 Å². The Morgan fingerprint density at radius 2 is 1.70 bits per heavy atom. The van der Waals surface area contributed by atoms with E-state index in [-0.39, 0.29) is 0 Å². The lowest BCUT2D eigenvalue weighted by Gasteiger charge is -2.54. The van der Waals surface area contributed by atoms with Crippen LogP contribution in [0.1, 0.15) is 49.7 Å². The molecule has 20 heavy (non-hydrogen) atoms. The van der Waals surface area contributed by atoms with Crippen molar-refractivity contribution < 1.29 is 0 Å². The first-order valence-electron chi connectivity index (χ1n) is 8.00.